The third-order valence-corrected chi connectivity index (χ3v) is 3.71. The van der Waals surface area contributed by atoms with Crippen molar-refractivity contribution in [3.05, 3.63) is 47.4 Å². The predicted octanol–water partition coefficient (Wildman–Crippen LogP) is 1.45. The minimum atomic E-state index is -0.608. The first-order valence-corrected chi connectivity index (χ1v) is 7.04. The van der Waals surface area contributed by atoms with Crippen molar-refractivity contribution in [3.63, 3.8) is 0 Å². The molecule has 0 unspecified atom stereocenters. The summed E-state index contributed by atoms with van der Waals surface area (Å²) in [5.74, 6) is -0.264. The molecule has 7 heteroatoms. The summed E-state index contributed by atoms with van der Waals surface area (Å²) in [6.45, 7) is 2.46. The number of carbonyl (C=O) groups is 2. The molecule has 1 saturated heterocycles. The number of pyridine rings is 1. The van der Waals surface area contributed by atoms with E-state index in [-0.39, 0.29) is 17.5 Å². The van der Waals surface area contributed by atoms with E-state index in [4.69, 9.17) is 10.2 Å². The van der Waals surface area contributed by atoms with E-state index in [0.29, 0.717) is 18.0 Å². The number of carbonyl (C=O) groups excluding carboxylic acids is 2. The topological polar surface area (TPSA) is 102 Å². The van der Waals surface area contributed by atoms with E-state index in [0.717, 1.165) is 18.5 Å². The fourth-order valence-electron chi connectivity index (χ4n) is 2.65. The van der Waals surface area contributed by atoms with E-state index in [1.807, 2.05) is 6.92 Å². The Morgan fingerprint density at radius 1 is 1.36 bits per heavy atom. The quantitative estimate of drug-likeness (QED) is 0.924. The van der Waals surface area contributed by atoms with Crippen LogP contribution < -0.4 is 5.73 Å². The van der Waals surface area contributed by atoms with Crippen LogP contribution in [-0.2, 0) is 0 Å². The van der Waals surface area contributed by atoms with Crippen LogP contribution in [0.15, 0.2) is 29.1 Å². The van der Waals surface area contributed by atoms with Crippen molar-refractivity contribution < 1.29 is 14.0 Å². The predicted molar refractivity (Wildman–Crippen MR) is 77.0 cm³/mol. The number of nitrogens with two attached hydrogens (primary N) is 1. The molecule has 1 atom stereocenters. The fraction of sp³-hybridized carbons (Fsp3) is 0.333. The molecular weight excluding hydrogens is 284 g/mol. The number of rotatable bonds is 3. The normalized spacial score (nSPS) is 17.7. The Bertz CT molecular complexity index is 725. The zero-order chi connectivity index (χ0) is 15.7. The fourth-order valence-corrected chi connectivity index (χ4v) is 2.65. The average molecular weight is 300 g/mol. The third kappa shape index (κ3) is 2.57. The molecule has 0 spiro atoms. The summed E-state index contributed by atoms with van der Waals surface area (Å²) >= 11 is 0. The van der Waals surface area contributed by atoms with Crippen molar-refractivity contribution >= 4 is 11.8 Å². The van der Waals surface area contributed by atoms with Gasteiger partial charge in [0.15, 0.2) is 0 Å². The van der Waals surface area contributed by atoms with E-state index >= 15 is 0 Å². The van der Waals surface area contributed by atoms with E-state index in [1.165, 1.54) is 18.5 Å². The Kier molecular flexibility index (Phi) is 3.62. The van der Waals surface area contributed by atoms with E-state index in [1.54, 1.807) is 11.2 Å². The Hall–Kier alpha value is -2.70. The van der Waals surface area contributed by atoms with Gasteiger partial charge < -0.3 is 15.1 Å². The van der Waals surface area contributed by atoms with Crippen LogP contribution >= 0.6 is 0 Å². The molecule has 114 valence electrons. The number of hydrogen-bond acceptors (Lipinski definition) is 5. The minimum Gasteiger partial charge on any atom is -0.446 e. The number of hydrogen-bond donors (Lipinski definition) is 1. The molecule has 7 nitrogen and oxygen atoms in total. The first-order chi connectivity index (χ1) is 10.6. The molecule has 2 N–H and O–H groups in total. The SMILES string of the molecule is Cc1coc([C@H]2CCCN2C(=O)c2cncc(C(N)=O)c2)n1. The monoisotopic (exact) mass is 300 g/mol. The van der Waals surface area contributed by atoms with Gasteiger partial charge in [0, 0.05) is 18.9 Å². The van der Waals surface area contributed by atoms with Gasteiger partial charge in [-0.2, -0.15) is 0 Å². The minimum absolute atomic E-state index is 0.182. The van der Waals surface area contributed by atoms with Gasteiger partial charge >= 0.3 is 0 Å². The van der Waals surface area contributed by atoms with Gasteiger partial charge in [-0.05, 0) is 25.8 Å². The van der Waals surface area contributed by atoms with Crippen LogP contribution in [0.1, 0.15) is 51.2 Å². The van der Waals surface area contributed by atoms with Gasteiger partial charge in [0.05, 0.1) is 16.8 Å². The second-order valence-corrected chi connectivity index (χ2v) is 5.31. The van der Waals surface area contributed by atoms with Crippen molar-refractivity contribution in [2.75, 3.05) is 6.54 Å². The Morgan fingerprint density at radius 2 is 2.14 bits per heavy atom. The number of primary amides is 1. The van der Waals surface area contributed by atoms with Gasteiger partial charge in [0.2, 0.25) is 11.8 Å². The lowest BCUT2D eigenvalue weighted by Crippen LogP contribution is -2.31. The molecule has 1 fully saturated rings. The van der Waals surface area contributed by atoms with Gasteiger partial charge in [-0.3, -0.25) is 14.6 Å². The Labute approximate surface area is 127 Å². The highest BCUT2D eigenvalue weighted by Crippen LogP contribution is 2.32. The molecule has 0 radical (unpaired) electrons. The van der Waals surface area contributed by atoms with Gasteiger partial charge in [-0.25, -0.2) is 4.98 Å². The number of oxazole rings is 1. The summed E-state index contributed by atoms with van der Waals surface area (Å²) in [6.07, 6.45) is 6.03. The van der Waals surface area contributed by atoms with Gasteiger partial charge in [-0.1, -0.05) is 0 Å². The molecule has 3 rings (SSSR count). The van der Waals surface area contributed by atoms with Crippen LogP contribution in [0, 0.1) is 6.92 Å². The summed E-state index contributed by atoms with van der Waals surface area (Å²) < 4.78 is 5.43. The molecule has 22 heavy (non-hydrogen) atoms. The molecule has 2 aromatic heterocycles. The maximum Gasteiger partial charge on any atom is 0.256 e. The Morgan fingerprint density at radius 3 is 2.82 bits per heavy atom. The lowest BCUT2D eigenvalue weighted by Gasteiger charge is -2.22. The summed E-state index contributed by atoms with van der Waals surface area (Å²) in [4.78, 5) is 33.8. The number of aromatic nitrogens is 2. The van der Waals surface area contributed by atoms with Gasteiger partial charge in [0.1, 0.15) is 12.3 Å². The molecule has 0 bridgehead atoms. The molecule has 3 heterocycles. The summed E-state index contributed by atoms with van der Waals surface area (Å²) in [7, 11) is 0. The number of amides is 2. The zero-order valence-electron chi connectivity index (χ0n) is 12.2. The van der Waals surface area contributed by atoms with Crippen LogP contribution in [0.25, 0.3) is 0 Å². The van der Waals surface area contributed by atoms with Crippen molar-refractivity contribution in [1.29, 1.82) is 0 Å². The second-order valence-electron chi connectivity index (χ2n) is 5.31. The standard InChI is InChI=1S/C15H16N4O3/c1-9-8-22-14(18-9)12-3-2-4-19(12)15(21)11-5-10(13(16)20)6-17-7-11/h5-8,12H,2-4H2,1H3,(H2,16,20)/t12-/m1/s1. The number of nitrogens with zero attached hydrogens (tertiary/aromatic N) is 3. The third-order valence-electron chi connectivity index (χ3n) is 3.71. The van der Waals surface area contributed by atoms with Gasteiger partial charge in [-0.15, -0.1) is 0 Å². The molecule has 0 aromatic carbocycles. The van der Waals surface area contributed by atoms with Crippen LogP contribution in [0.2, 0.25) is 0 Å². The second kappa shape index (κ2) is 5.59. The molecule has 1 aliphatic heterocycles. The van der Waals surface area contributed by atoms with Crippen LogP contribution in [0.3, 0.4) is 0 Å². The first-order valence-electron chi connectivity index (χ1n) is 7.04. The molecule has 1 aliphatic rings. The number of likely N-dealkylation sites (tertiary alicyclic amines) is 1. The van der Waals surface area contributed by atoms with Crippen molar-refractivity contribution in [3.8, 4) is 0 Å². The smallest absolute Gasteiger partial charge is 0.256 e. The van der Waals surface area contributed by atoms with Crippen molar-refractivity contribution in [2.24, 2.45) is 5.73 Å². The zero-order valence-corrected chi connectivity index (χ0v) is 12.2. The summed E-state index contributed by atoms with van der Waals surface area (Å²) in [6, 6.07) is 1.28. The molecular formula is C15H16N4O3. The lowest BCUT2D eigenvalue weighted by molar-refractivity contribution is 0.0715. The van der Waals surface area contributed by atoms with Crippen LogP contribution in [0.4, 0.5) is 0 Å². The lowest BCUT2D eigenvalue weighted by atomic mass is 10.1. The maximum atomic E-state index is 12.7. The summed E-state index contributed by atoms with van der Waals surface area (Å²) in [5.41, 5.74) is 6.57. The highest BCUT2D eigenvalue weighted by molar-refractivity contribution is 5.98. The molecule has 0 aliphatic carbocycles. The average Bonchev–Trinajstić information content (AvgIpc) is 3.15. The van der Waals surface area contributed by atoms with Crippen LogP contribution in [0.5, 0.6) is 0 Å². The first kappa shape index (κ1) is 14.2. The maximum absolute atomic E-state index is 12.7. The van der Waals surface area contributed by atoms with E-state index < -0.39 is 5.91 Å². The highest BCUT2D eigenvalue weighted by Gasteiger charge is 2.33. The molecule has 2 aromatic rings. The number of aryl methyl sites for hydroxylation is 1. The summed E-state index contributed by atoms with van der Waals surface area (Å²) in [5, 5.41) is 0. The van der Waals surface area contributed by atoms with Crippen LogP contribution in [-0.4, -0.2) is 33.2 Å². The van der Waals surface area contributed by atoms with E-state index in [2.05, 4.69) is 9.97 Å². The highest BCUT2D eigenvalue weighted by atomic mass is 16.3. The van der Waals surface area contributed by atoms with E-state index in [9.17, 15) is 9.59 Å². The molecule has 0 saturated carbocycles. The molecule has 2 amide bonds. The van der Waals surface area contributed by atoms with Crippen molar-refractivity contribution in [2.45, 2.75) is 25.8 Å². The largest absolute Gasteiger partial charge is 0.446 e. The van der Waals surface area contributed by atoms with Gasteiger partial charge in [0.25, 0.3) is 5.91 Å². The Balaban J connectivity index is 1.87. The van der Waals surface area contributed by atoms with Crippen molar-refractivity contribution in [1.82, 2.24) is 14.9 Å².